The van der Waals surface area contributed by atoms with Crippen LogP contribution in [0.1, 0.15) is 43.0 Å². The quantitative estimate of drug-likeness (QED) is 0.832. The lowest BCUT2D eigenvalue weighted by atomic mass is 10.1. The molecule has 2 heterocycles. The number of hydrogen-bond acceptors (Lipinski definition) is 1. The van der Waals surface area contributed by atoms with Gasteiger partial charge in [0.15, 0.2) is 0 Å². The van der Waals surface area contributed by atoms with Crippen LogP contribution in [0.25, 0.3) is 10.9 Å². The van der Waals surface area contributed by atoms with Crippen molar-refractivity contribution in [2.75, 3.05) is 6.54 Å². The van der Waals surface area contributed by atoms with Crippen molar-refractivity contribution >= 4 is 16.8 Å². The van der Waals surface area contributed by atoms with Gasteiger partial charge >= 0.3 is 0 Å². The Morgan fingerprint density at radius 3 is 3.05 bits per heavy atom. The van der Waals surface area contributed by atoms with Crippen LogP contribution in [-0.2, 0) is 0 Å². The van der Waals surface area contributed by atoms with Gasteiger partial charge in [-0.05, 0) is 38.0 Å². The molecule has 1 aliphatic heterocycles. The Balaban J connectivity index is 1.96. The zero-order valence-electron chi connectivity index (χ0n) is 11.4. The van der Waals surface area contributed by atoms with Gasteiger partial charge in [-0.1, -0.05) is 18.9 Å². The molecule has 1 aromatic heterocycles. The van der Waals surface area contributed by atoms with Crippen LogP contribution in [0.5, 0.6) is 0 Å². The molecule has 1 atom stereocenters. The molecule has 1 saturated heterocycles. The third kappa shape index (κ3) is 2.25. The second-order valence-electron chi connectivity index (χ2n) is 5.44. The average molecular weight is 256 g/mol. The van der Waals surface area contributed by atoms with Gasteiger partial charge in [-0.25, -0.2) is 0 Å². The maximum absolute atomic E-state index is 12.8. The minimum atomic E-state index is 0.180. The van der Waals surface area contributed by atoms with Crippen molar-refractivity contribution in [3.05, 3.63) is 36.0 Å². The predicted molar refractivity (Wildman–Crippen MR) is 77.3 cm³/mol. The van der Waals surface area contributed by atoms with E-state index in [0.29, 0.717) is 6.04 Å². The van der Waals surface area contributed by atoms with Gasteiger partial charge in [0.05, 0.1) is 0 Å². The highest BCUT2D eigenvalue weighted by atomic mass is 16.2. The summed E-state index contributed by atoms with van der Waals surface area (Å²) in [6.45, 7) is 3.06. The molecule has 1 N–H and O–H groups in total. The van der Waals surface area contributed by atoms with E-state index in [2.05, 4.69) is 16.8 Å². The fourth-order valence-electron chi connectivity index (χ4n) is 3.00. The molecule has 2 aromatic rings. The Hall–Kier alpha value is -1.77. The fraction of sp³-hybridized carbons (Fsp3) is 0.438. The summed E-state index contributed by atoms with van der Waals surface area (Å²) >= 11 is 0. The van der Waals surface area contributed by atoms with Gasteiger partial charge < -0.3 is 9.88 Å². The first-order valence-corrected chi connectivity index (χ1v) is 7.14. The minimum Gasteiger partial charge on any atom is -0.361 e. The summed E-state index contributed by atoms with van der Waals surface area (Å²) in [5, 5.41) is 1.03. The second-order valence-corrected chi connectivity index (χ2v) is 5.44. The van der Waals surface area contributed by atoms with Gasteiger partial charge in [0.25, 0.3) is 5.91 Å². The van der Waals surface area contributed by atoms with E-state index in [1.807, 2.05) is 30.5 Å². The molecule has 100 valence electrons. The first-order valence-electron chi connectivity index (χ1n) is 7.14. The molecule has 3 rings (SSSR count). The van der Waals surface area contributed by atoms with E-state index < -0.39 is 0 Å². The van der Waals surface area contributed by atoms with Crippen molar-refractivity contribution in [3.63, 3.8) is 0 Å². The average Bonchev–Trinajstić information content (AvgIpc) is 2.80. The molecule has 19 heavy (non-hydrogen) atoms. The van der Waals surface area contributed by atoms with Gasteiger partial charge in [-0.2, -0.15) is 0 Å². The Kier molecular flexibility index (Phi) is 3.28. The summed E-state index contributed by atoms with van der Waals surface area (Å²) in [4.78, 5) is 18.0. The number of benzene rings is 1. The lowest BCUT2D eigenvalue weighted by Crippen LogP contribution is -2.38. The Labute approximate surface area is 113 Å². The van der Waals surface area contributed by atoms with Gasteiger partial charge in [-0.15, -0.1) is 0 Å². The monoisotopic (exact) mass is 256 g/mol. The topological polar surface area (TPSA) is 36.1 Å². The predicted octanol–water partition coefficient (Wildman–Crippen LogP) is 3.57. The number of carbonyl (C=O) groups is 1. The molecule has 1 amide bonds. The minimum absolute atomic E-state index is 0.180. The SMILES string of the molecule is CC1CCCCCN1C(=O)c1cccc2[nH]ccc12. The smallest absolute Gasteiger partial charge is 0.254 e. The number of carbonyl (C=O) groups excluding carboxylic acids is 1. The maximum atomic E-state index is 12.8. The van der Waals surface area contributed by atoms with E-state index in [1.54, 1.807) is 0 Å². The number of nitrogens with zero attached hydrogens (tertiary/aromatic N) is 1. The lowest BCUT2D eigenvalue weighted by Gasteiger charge is -2.27. The summed E-state index contributed by atoms with van der Waals surface area (Å²) in [6.07, 6.45) is 6.61. The van der Waals surface area contributed by atoms with E-state index in [0.717, 1.165) is 35.9 Å². The van der Waals surface area contributed by atoms with Gasteiger partial charge in [0, 0.05) is 35.2 Å². The van der Waals surface area contributed by atoms with Crippen LogP contribution in [0.3, 0.4) is 0 Å². The number of H-pyrrole nitrogens is 1. The highest BCUT2D eigenvalue weighted by Gasteiger charge is 2.24. The maximum Gasteiger partial charge on any atom is 0.254 e. The number of fused-ring (bicyclic) bond motifs is 1. The molecule has 3 nitrogen and oxygen atoms in total. The first kappa shape index (κ1) is 12.3. The molecule has 1 aliphatic rings. The van der Waals surface area contributed by atoms with E-state index in [-0.39, 0.29) is 5.91 Å². The third-order valence-electron chi connectivity index (χ3n) is 4.14. The molecule has 1 fully saturated rings. The Morgan fingerprint density at radius 2 is 2.16 bits per heavy atom. The number of nitrogens with one attached hydrogen (secondary N) is 1. The van der Waals surface area contributed by atoms with Crippen molar-refractivity contribution in [3.8, 4) is 0 Å². The Bertz CT molecular complexity index is 587. The molecule has 0 radical (unpaired) electrons. The number of rotatable bonds is 1. The summed E-state index contributed by atoms with van der Waals surface area (Å²) in [7, 11) is 0. The van der Waals surface area contributed by atoms with E-state index in [4.69, 9.17) is 0 Å². The van der Waals surface area contributed by atoms with Crippen LogP contribution in [0.2, 0.25) is 0 Å². The van der Waals surface area contributed by atoms with Crippen LogP contribution in [0.15, 0.2) is 30.5 Å². The molecule has 0 saturated carbocycles. The number of amides is 1. The van der Waals surface area contributed by atoms with E-state index in [1.165, 1.54) is 12.8 Å². The summed E-state index contributed by atoms with van der Waals surface area (Å²) in [5.41, 5.74) is 1.86. The summed E-state index contributed by atoms with van der Waals surface area (Å²) in [5.74, 6) is 0.180. The number of hydrogen-bond donors (Lipinski definition) is 1. The van der Waals surface area contributed by atoms with Crippen molar-refractivity contribution in [2.45, 2.75) is 38.6 Å². The van der Waals surface area contributed by atoms with Crippen LogP contribution in [0.4, 0.5) is 0 Å². The molecule has 3 heteroatoms. The van der Waals surface area contributed by atoms with E-state index >= 15 is 0 Å². The third-order valence-corrected chi connectivity index (χ3v) is 4.14. The Morgan fingerprint density at radius 1 is 1.26 bits per heavy atom. The van der Waals surface area contributed by atoms with Gasteiger partial charge in [0.1, 0.15) is 0 Å². The van der Waals surface area contributed by atoms with Crippen LogP contribution >= 0.6 is 0 Å². The van der Waals surface area contributed by atoms with Crippen molar-refractivity contribution in [1.82, 2.24) is 9.88 Å². The molecule has 1 unspecified atom stereocenters. The number of aromatic nitrogens is 1. The largest absolute Gasteiger partial charge is 0.361 e. The fourth-order valence-corrected chi connectivity index (χ4v) is 3.00. The molecular formula is C16H20N2O. The van der Waals surface area contributed by atoms with Crippen molar-refractivity contribution in [1.29, 1.82) is 0 Å². The van der Waals surface area contributed by atoms with Crippen molar-refractivity contribution < 1.29 is 4.79 Å². The lowest BCUT2D eigenvalue weighted by molar-refractivity contribution is 0.0700. The number of aromatic amines is 1. The molecule has 0 aliphatic carbocycles. The molecule has 0 bridgehead atoms. The zero-order chi connectivity index (χ0) is 13.2. The standard InChI is InChI=1S/C16H20N2O/c1-12-6-3-2-4-11-18(12)16(19)14-7-5-8-15-13(14)9-10-17-15/h5,7-10,12,17H,2-4,6,11H2,1H3. The molecule has 1 aromatic carbocycles. The molecule has 0 spiro atoms. The van der Waals surface area contributed by atoms with Crippen LogP contribution in [-0.4, -0.2) is 28.4 Å². The zero-order valence-corrected chi connectivity index (χ0v) is 11.4. The highest BCUT2D eigenvalue weighted by molar-refractivity contribution is 6.06. The van der Waals surface area contributed by atoms with Crippen LogP contribution < -0.4 is 0 Å². The van der Waals surface area contributed by atoms with E-state index in [9.17, 15) is 4.79 Å². The first-order chi connectivity index (χ1) is 9.27. The summed E-state index contributed by atoms with van der Waals surface area (Å²) < 4.78 is 0. The number of likely N-dealkylation sites (tertiary alicyclic amines) is 1. The normalized spacial score (nSPS) is 20.5. The van der Waals surface area contributed by atoms with Gasteiger partial charge in [0.2, 0.25) is 0 Å². The van der Waals surface area contributed by atoms with Crippen LogP contribution in [0, 0.1) is 0 Å². The summed E-state index contributed by atoms with van der Waals surface area (Å²) in [6, 6.07) is 8.25. The highest BCUT2D eigenvalue weighted by Crippen LogP contribution is 2.23. The molecular weight excluding hydrogens is 236 g/mol. The van der Waals surface area contributed by atoms with Crippen molar-refractivity contribution in [2.24, 2.45) is 0 Å². The van der Waals surface area contributed by atoms with Gasteiger partial charge in [-0.3, -0.25) is 4.79 Å². The second kappa shape index (κ2) is 5.08.